The van der Waals surface area contributed by atoms with Gasteiger partial charge in [0.05, 0.1) is 11.3 Å². The highest BCUT2D eigenvalue weighted by molar-refractivity contribution is 5.76. The van der Waals surface area contributed by atoms with Crippen LogP contribution in [-0.2, 0) is 0 Å². The molecular formula is C11H12N2. The van der Waals surface area contributed by atoms with Crippen molar-refractivity contribution in [3.8, 4) is 6.07 Å². The third kappa shape index (κ3) is 2.16. The molecule has 0 aromatic carbocycles. The molecule has 66 valence electrons. The zero-order valence-corrected chi connectivity index (χ0v) is 7.91. The van der Waals surface area contributed by atoms with Crippen LogP contribution in [0.2, 0.25) is 0 Å². The van der Waals surface area contributed by atoms with Crippen LogP contribution in [0.3, 0.4) is 0 Å². The Hall–Kier alpha value is -1.62. The fourth-order valence-corrected chi connectivity index (χ4v) is 1.06. The largest absolute Gasteiger partial charge is 0.256 e. The molecule has 1 heterocycles. The first kappa shape index (κ1) is 9.47. The van der Waals surface area contributed by atoms with Crippen molar-refractivity contribution in [2.75, 3.05) is 0 Å². The van der Waals surface area contributed by atoms with E-state index in [1.165, 1.54) is 0 Å². The van der Waals surface area contributed by atoms with Gasteiger partial charge in [-0.25, -0.2) is 0 Å². The molecule has 2 heteroatoms. The molecule has 2 nitrogen and oxygen atoms in total. The molecular weight excluding hydrogens is 160 g/mol. The SMILES string of the molecule is CC/C(C)=C(/C#N)c1ccccn1. The average Bonchev–Trinajstić information content (AvgIpc) is 2.20. The molecule has 0 amide bonds. The Morgan fingerprint density at radius 3 is 2.77 bits per heavy atom. The summed E-state index contributed by atoms with van der Waals surface area (Å²) in [6.45, 7) is 4.00. The van der Waals surface area contributed by atoms with Gasteiger partial charge >= 0.3 is 0 Å². The molecule has 0 bridgehead atoms. The second kappa shape index (κ2) is 4.42. The predicted molar refractivity (Wildman–Crippen MR) is 52.7 cm³/mol. The summed E-state index contributed by atoms with van der Waals surface area (Å²) in [6, 6.07) is 7.78. The molecule has 1 aromatic rings. The number of pyridine rings is 1. The van der Waals surface area contributed by atoms with E-state index in [4.69, 9.17) is 5.26 Å². The summed E-state index contributed by atoms with van der Waals surface area (Å²) in [5, 5.41) is 8.93. The molecule has 0 aliphatic heterocycles. The molecule has 0 aliphatic rings. The highest BCUT2D eigenvalue weighted by Crippen LogP contribution is 2.16. The normalized spacial score (nSPS) is 11.8. The number of nitrogens with zero attached hydrogens (tertiary/aromatic N) is 2. The van der Waals surface area contributed by atoms with Gasteiger partial charge in [-0.15, -0.1) is 0 Å². The van der Waals surface area contributed by atoms with Crippen LogP contribution in [0, 0.1) is 11.3 Å². The summed E-state index contributed by atoms with van der Waals surface area (Å²) < 4.78 is 0. The third-order valence-electron chi connectivity index (χ3n) is 1.99. The first-order valence-corrected chi connectivity index (χ1v) is 4.30. The zero-order valence-electron chi connectivity index (χ0n) is 7.91. The Morgan fingerprint density at radius 1 is 1.54 bits per heavy atom. The van der Waals surface area contributed by atoms with Gasteiger partial charge in [-0.3, -0.25) is 4.98 Å². The van der Waals surface area contributed by atoms with Crippen molar-refractivity contribution < 1.29 is 0 Å². The van der Waals surface area contributed by atoms with Crippen molar-refractivity contribution >= 4 is 5.57 Å². The molecule has 1 aromatic heterocycles. The molecule has 0 saturated heterocycles. The summed E-state index contributed by atoms with van der Waals surface area (Å²) in [6.07, 6.45) is 2.59. The maximum Gasteiger partial charge on any atom is 0.101 e. The summed E-state index contributed by atoms with van der Waals surface area (Å²) in [7, 11) is 0. The van der Waals surface area contributed by atoms with Crippen LogP contribution in [0.25, 0.3) is 5.57 Å². The van der Waals surface area contributed by atoms with Crippen LogP contribution in [0.4, 0.5) is 0 Å². The third-order valence-corrected chi connectivity index (χ3v) is 1.99. The molecule has 0 radical (unpaired) electrons. The van der Waals surface area contributed by atoms with Gasteiger partial charge in [-0.05, 0) is 25.5 Å². The van der Waals surface area contributed by atoms with Gasteiger partial charge in [-0.1, -0.05) is 18.6 Å². The van der Waals surface area contributed by atoms with E-state index in [0.717, 1.165) is 17.7 Å². The predicted octanol–water partition coefficient (Wildman–Crippen LogP) is 2.79. The minimum Gasteiger partial charge on any atom is -0.256 e. The van der Waals surface area contributed by atoms with E-state index < -0.39 is 0 Å². The maximum absolute atomic E-state index is 8.93. The molecule has 0 fully saturated rings. The lowest BCUT2D eigenvalue weighted by molar-refractivity contribution is 1.10. The minimum absolute atomic E-state index is 0.697. The monoisotopic (exact) mass is 172 g/mol. The lowest BCUT2D eigenvalue weighted by atomic mass is 10.1. The molecule has 0 saturated carbocycles. The Kier molecular flexibility index (Phi) is 3.22. The maximum atomic E-state index is 8.93. The topological polar surface area (TPSA) is 36.7 Å². The second-order valence-electron chi connectivity index (χ2n) is 2.84. The van der Waals surface area contributed by atoms with E-state index in [1.54, 1.807) is 6.20 Å². The standard InChI is InChI=1S/C11H12N2/c1-3-9(2)10(8-12)11-6-4-5-7-13-11/h4-7H,3H2,1-2H3/b10-9-. The number of nitriles is 1. The zero-order chi connectivity index (χ0) is 9.68. The molecule has 0 aliphatic carbocycles. The summed E-state index contributed by atoms with van der Waals surface area (Å²) in [5.41, 5.74) is 2.55. The van der Waals surface area contributed by atoms with Crippen LogP contribution in [0.1, 0.15) is 26.0 Å². The lowest BCUT2D eigenvalue weighted by Gasteiger charge is -2.01. The highest BCUT2D eigenvalue weighted by atomic mass is 14.7. The number of hydrogen-bond donors (Lipinski definition) is 0. The number of allylic oxidation sites excluding steroid dienone is 2. The van der Waals surface area contributed by atoms with E-state index in [-0.39, 0.29) is 0 Å². The molecule has 13 heavy (non-hydrogen) atoms. The fraction of sp³-hybridized carbons (Fsp3) is 0.273. The molecule has 0 N–H and O–H groups in total. The highest BCUT2D eigenvalue weighted by Gasteiger charge is 2.03. The second-order valence-corrected chi connectivity index (χ2v) is 2.84. The summed E-state index contributed by atoms with van der Waals surface area (Å²) in [5.74, 6) is 0. The van der Waals surface area contributed by atoms with E-state index >= 15 is 0 Å². The Morgan fingerprint density at radius 2 is 2.31 bits per heavy atom. The lowest BCUT2D eigenvalue weighted by Crippen LogP contribution is -1.89. The van der Waals surface area contributed by atoms with Crippen LogP contribution < -0.4 is 0 Å². The Balaban J connectivity index is 3.15. The quantitative estimate of drug-likeness (QED) is 0.643. The van der Waals surface area contributed by atoms with Gasteiger partial charge in [0.1, 0.15) is 6.07 Å². The van der Waals surface area contributed by atoms with Crippen molar-refractivity contribution in [1.82, 2.24) is 4.98 Å². The van der Waals surface area contributed by atoms with Crippen molar-refractivity contribution in [3.05, 3.63) is 35.7 Å². The van der Waals surface area contributed by atoms with Crippen molar-refractivity contribution in [3.63, 3.8) is 0 Å². The molecule has 0 spiro atoms. The molecule has 0 unspecified atom stereocenters. The number of aromatic nitrogens is 1. The smallest absolute Gasteiger partial charge is 0.101 e. The van der Waals surface area contributed by atoms with Gasteiger partial charge in [0, 0.05) is 6.20 Å². The Bertz CT molecular complexity index is 344. The van der Waals surface area contributed by atoms with Crippen LogP contribution >= 0.6 is 0 Å². The van der Waals surface area contributed by atoms with Gasteiger partial charge in [0.25, 0.3) is 0 Å². The summed E-state index contributed by atoms with van der Waals surface area (Å²) >= 11 is 0. The van der Waals surface area contributed by atoms with E-state index in [0.29, 0.717) is 5.57 Å². The van der Waals surface area contributed by atoms with Gasteiger partial charge in [0.15, 0.2) is 0 Å². The van der Waals surface area contributed by atoms with Crippen molar-refractivity contribution in [2.24, 2.45) is 0 Å². The van der Waals surface area contributed by atoms with Crippen LogP contribution in [-0.4, -0.2) is 4.98 Å². The number of hydrogen-bond acceptors (Lipinski definition) is 2. The minimum atomic E-state index is 0.697. The van der Waals surface area contributed by atoms with Gasteiger partial charge in [0.2, 0.25) is 0 Å². The van der Waals surface area contributed by atoms with Crippen molar-refractivity contribution in [1.29, 1.82) is 5.26 Å². The molecule has 1 rings (SSSR count). The average molecular weight is 172 g/mol. The van der Waals surface area contributed by atoms with E-state index in [1.807, 2.05) is 32.0 Å². The van der Waals surface area contributed by atoms with Crippen LogP contribution in [0.5, 0.6) is 0 Å². The Labute approximate surface area is 78.5 Å². The van der Waals surface area contributed by atoms with E-state index in [2.05, 4.69) is 11.1 Å². The van der Waals surface area contributed by atoms with Crippen LogP contribution in [0.15, 0.2) is 30.0 Å². The molecule has 0 atom stereocenters. The number of rotatable bonds is 2. The van der Waals surface area contributed by atoms with Crippen molar-refractivity contribution in [2.45, 2.75) is 20.3 Å². The first-order valence-electron chi connectivity index (χ1n) is 4.30. The van der Waals surface area contributed by atoms with Gasteiger partial charge < -0.3 is 0 Å². The van der Waals surface area contributed by atoms with E-state index in [9.17, 15) is 0 Å². The summed E-state index contributed by atoms with van der Waals surface area (Å²) in [4.78, 5) is 4.14. The fourth-order valence-electron chi connectivity index (χ4n) is 1.06. The van der Waals surface area contributed by atoms with Gasteiger partial charge in [-0.2, -0.15) is 5.26 Å². The first-order chi connectivity index (χ1) is 6.29.